The third kappa shape index (κ3) is 13.0. The van der Waals surface area contributed by atoms with Crippen molar-refractivity contribution in [3.63, 3.8) is 0 Å². The minimum atomic E-state index is -0.0629. The average molecular weight is 233 g/mol. The van der Waals surface area contributed by atoms with Gasteiger partial charge in [0.2, 0.25) is 0 Å². The van der Waals surface area contributed by atoms with Crippen LogP contribution in [0.4, 0.5) is 0 Å². The molecule has 0 aliphatic heterocycles. The fourth-order valence-electron chi connectivity index (χ4n) is 0.862. The average Bonchev–Trinajstić information content (AvgIpc) is 2.04. The Labute approximate surface area is 111 Å². The summed E-state index contributed by atoms with van der Waals surface area (Å²) in [5.41, 5.74) is 0. The Morgan fingerprint density at radius 1 is 1.21 bits per heavy atom. The van der Waals surface area contributed by atoms with Gasteiger partial charge in [0.25, 0.3) is 0 Å². The summed E-state index contributed by atoms with van der Waals surface area (Å²) in [7, 11) is 0. The molecule has 2 atom stereocenters. The molecule has 0 radical (unpaired) electrons. The van der Waals surface area contributed by atoms with Crippen molar-refractivity contribution in [2.45, 2.75) is 39.9 Å². The molecule has 0 aliphatic rings. The van der Waals surface area contributed by atoms with Crippen LogP contribution >= 0.6 is 0 Å². The van der Waals surface area contributed by atoms with Crippen LogP contribution in [0.5, 0.6) is 0 Å². The predicted octanol–water partition coefficient (Wildman–Crippen LogP) is -0.741. The maximum atomic E-state index is 5.40. The molecular weight excluding hydrogens is 212 g/mol. The Hall–Kier alpha value is 0.976. The normalized spacial score (nSPS) is 13.7. The number of hydrogen-bond acceptors (Lipinski definition) is 2. The first-order valence-electron chi connectivity index (χ1n) is 4.73. The number of rotatable bonds is 7. The van der Waals surface area contributed by atoms with Crippen LogP contribution in [0.15, 0.2) is 0 Å². The summed E-state index contributed by atoms with van der Waals surface area (Å²) in [4.78, 5) is 0. The minimum absolute atomic E-state index is 0. The van der Waals surface area contributed by atoms with Gasteiger partial charge in [-0.1, -0.05) is 12.8 Å². The molecule has 0 fully saturated rings. The zero-order chi connectivity index (χ0) is 9.40. The van der Waals surface area contributed by atoms with E-state index in [2.05, 4.69) is 13.8 Å². The van der Waals surface area contributed by atoms with Gasteiger partial charge in [-0.05, 0) is 20.3 Å². The van der Waals surface area contributed by atoms with E-state index in [-0.39, 0.29) is 41.7 Å². The number of ether oxygens (including phenoxy) is 2. The van der Waals surface area contributed by atoms with Gasteiger partial charge in [0.15, 0.2) is 6.29 Å². The van der Waals surface area contributed by atoms with Crippen molar-refractivity contribution in [1.82, 2.24) is 0 Å². The van der Waals surface area contributed by atoms with Crippen molar-refractivity contribution in [3.8, 4) is 0 Å². The van der Waals surface area contributed by atoms with E-state index < -0.39 is 0 Å². The molecule has 0 aromatic carbocycles. The van der Waals surface area contributed by atoms with E-state index in [1.165, 1.54) is 0 Å². The van der Waals surface area contributed by atoms with Gasteiger partial charge in [0.1, 0.15) is 0 Å². The van der Waals surface area contributed by atoms with Crippen molar-refractivity contribution < 1.29 is 21.9 Å². The number of halogens is 1. The summed E-state index contributed by atoms with van der Waals surface area (Å²) in [5, 5.41) is 0. The Balaban J connectivity index is -0.000000605. The topological polar surface area (TPSA) is 18.5 Å². The van der Waals surface area contributed by atoms with Gasteiger partial charge in [-0.25, -0.2) is 0 Å². The largest absolute Gasteiger partial charge is 2.00 e. The summed E-state index contributed by atoms with van der Waals surface area (Å²) >= 11 is 0. The van der Waals surface area contributed by atoms with Crippen molar-refractivity contribution in [2.75, 3.05) is 13.2 Å². The van der Waals surface area contributed by atoms with Crippen LogP contribution in [0, 0.1) is 12.8 Å². The molecule has 2 unspecified atom stereocenters. The van der Waals surface area contributed by atoms with Crippen molar-refractivity contribution >= 4 is 23.1 Å². The molecule has 0 amide bonds. The molecule has 0 aromatic heterocycles. The molecule has 2 nitrogen and oxygen atoms in total. The summed E-state index contributed by atoms with van der Waals surface area (Å²) in [6, 6.07) is 0. The summed E-state index contributed by atoms with van der Waals surface area (Å²) in [6.07, 6.45) is 1.99. The summed E-state index contributed by atoms with van der Waals surface area (Å²) in [5.74, 6) is 0.652. The maximum Gasteiger partial charge on any atom is 2.00 e. The van der Waals surface area contributed by atoms with E-state index >= 15 is 0 Å². The van der Waals surface area contributed by atoms with Crippen LogP contribution in [0.3, 0.4) is 0 Å². The van der Waals surface area contributed by atoms with E-state index in [1.54, 1.807) is 0 Å². The van der Waals surface area contributed by atoms with Gasteiger partial charge in [-0.3, -0.25) is 0 Å². The molecule has 0 aromatic rings. The van der Waals surface area contributed by atoms with Crippen LogP contribution in [0.25, 0.3) is 0 Å². The number of hydrogen-bond donors (Lipinski definition) is 0. The quantitative estimate of drug-likeness (QED) is 0.327. The predicted molar refractivity (Wildman–Crippen MR) is 56.5 cm³/mol. The molecule has 4 heteroatoms. The Bertz CT molecular complexity index is 104. The second-order valence-electron chi connectivity index (χ2n) is 3.08. The Morgan fingerprint density at radius 2 is 1.79 bits per heavy atom. The molecule has 82 valence electrons. The second-order valence-corrected chi connectivity index (χ2v) is 3.08. The second kappa shape index (κ2) is 14.0. The summed E-state index contributed by atoms with van der Waals surface area (Å²) < 4.78 is 10.6. The van der Waals surface area contributed by atoms with E-state index in [0.717, 1.165) is 19.4 Å². The first-order chi connectivity index (χ1) is 5.70. The standard InChI is InChI=1S/C10H21O2.ClH.Mg/c1-5-9(3)7-8-12-10(4)11-6-2;;/h9-10H,1,5-8H2,2-4H3;1H;/q-1;;+2/p-1. The molecule has 14 heavy (non-hydrogen) atoms. The molecule has 0 saturated heterocycles. The van der Waals surface area contributed by atoms with E-state index in [0.29, 0.717) is 12.5 Å². The van der Waals surface area contributed by atoms with Gasteiger partial charge >= 0.3 is 23.1 Å². The van der Waals surface area contributed by atoms with E-state index in [9.17, 15) is 0 Å². The van der Waals surface area contributed by atoms with Crippen LogP contribution < -0.4 is 12.4 Å². The molecule has 0 bridgehead atoms. The first kappa shape index (κ1) is 20.4. The van der Waals surface area contributed by atoms with Crippen molar-refractivity contribution in [3.05, 3.63) is 6.92 Å². The van der Waals surface area contributed by atoms with Crippen LogP contribution in [0.1, 0.15) is 33.6 Å². The van der Waals surface area contributed by atoms with Gasteiger partial charge in [0, 0.05) is 13.2 Å². The minimum Gasteiger partial charge on any atom is -1.00 e. The van der Waals surface area contributed by atoms with Gasteiger partial charge in [-0.2, -0.15) is 6.42 Å². The summed E-state index contributed by atoms with van der Waals surface area (Å²) in [6.45, 7) is 11.4. The molecule has 0 spiro atoms. The third-order valence-electron chi connectivity index (χ3n) is 1.86. The molecule has 0 N–H and O–H groups in total. The molecule has 0 saturated carbocycles. The molecule has 0 heterocycles. The first-order valence-corrected chi connectivity index (χ1v) is 4.73. The Kier molecular flexibility index (Phi) is 20.4. The van der Waals surface area contributed by atoms with Gasteiger partial charge in [-0.15, -0.1) is 0 Å². The van der Waals surface area contributed by atoms with Gasteiger partial charge < -0.3 is 28.8 Å². The van der Waals surface area contributed by atoms with Crippen molar-refractivity contribution in [2.24, 2.45) is 5.92 Å². The molecular formula is C10H21ClMgO2. The van der Waals surface area contributed by atoms with Crippen LogP contribution in [-0.2, 0) is 9.47 Å². The SMILES string of the molecule is [CH2-]CC(C)CCOC(C)OCC.[Cl-].[Mg+2]. The Morgan fingerprint density at radius 3 is 2.21 bits per heavy atom. The fourth-order valence-corrected chi connectivity index (χ4v) is 0.862. The van der Waals surface area contributed by atoms with E-state index in [4.69, 9.17) is 9.47 Å². The monoisotopic (exact) mass is 232 g/mol. The van der Waals surface area contributed by atoms with Gasteiger partial charge in [0.05, 0.1) is 0 Å². The zero-order valence-electron chi connectivity index (χ0n) is 9.59. The van der Waals surface area contributed by atoms with E-state index in [1.807, 2.05) is 13.8 Å². The van der Waals surface area contributed by atoms with Crippen LogP contribution in [0.2, 0.25) is 0 Å². The third-order valence-corrected chi connectivity index (χ3v) is 1.86. The fraction of sp³-hybridized carbons (Fsp3) is 0.900. The zero-order valence-corrected chi connectivity index (χ0v) is 11.8. The van der Waals surface area contributed by atoms with Crippen LogP contribution in [-0.4, -0.2) is 42.6 Å². The molecule has 0 aliphatic carbocycles. The smallest absolute Gasteiger partial charge is 1.00 e. The maximum absolute atomic E-state index is 5.40. The molecule has 0 rings (SSSR count). The van der Waals surface area contributed by atoms with Crippen molar-refractivity contribution in [1.29, 1.82) is 0 Å².